The second-order valence-electron chi connectivity index (χ2n) is 6.86. The lowest BCUT2D eigenvalue weighted by Crippen LogP contribution is -2.30. The Morgan fingerprint density at radius 2 is 1.50 bits per heavy atom. The molecule has 1 aliphatic heterocycles. The summed E-state index contributed by atoms with van der Waals surface area (Å²) in [5.74, 6) is 0.632. The molecule has 3 aromatic rings. The zero-order valence-electron chi connectivity index (χ0n) is 15.4. The summed E-state index contributed by atoms with van der Waals surface area (Å²) in [6.07, 6.45) is 7.38. The fourth-order valence-electron chi connectivity index (χ4n) is 3.28. The Morgan fingerprint density at radius 3 is 2.14 bits per heavy atom. The van der Waals surface area contributed by atoms with Crippen LogP contribution < -0.4 is 10.2 Å². The first kappa shape index (κ1) is 18.4. The van der Waals surface area contributed by atoms with E-state index in [1.807, 2.05) is 24.5 Å². The smallest absolute Gasteiger partial charge is 0.255 e. The van der Waals surface area contributed by atoms with E-state index >= 15 is 0 Å². The SMILES string of the molecule is O=C(Nc1ccc(Cl)cc1)c1ccc(-c2cnc(N3CCCCC3)nc2)cc1. The minimum absolute atomic E-state index is 0.162. The van der Waals surface area contributed by atoms with Crippen molar-refractivity contribution < 1.29 is 4.79 Å². The molecule has 0 unspecified atom stereocenters. The first-order valence-electron chi connectivity index (χ1n) is 9.43. The molecule has 1 aromatic heterocycles. The highest BCUT2D eigenvalue weighted by Crippen LogP contribution is 2.22. The molecule has 0 saturated carbocycles. The molecular weight excluding hydrogens is 372 g/mol. The molecule has 28 heavy (non-hydrogen) atoms. The van der Waals surface area contributed by atoms with Crippen LogP contribution in [0.4, 0.5) is 11.6 Å². The van der Waals surface area contributed by atoms with Gasteiger partial charge in [-0.2, -0.15) is 0 Å². The van der Waals surface area contributed by atoms with Crippen molar-refractivity contribution in [3.8, 4) is 11.1 Å². The second kappa shape index (κ2) is 8.40. The number of nitrogens with zero attached hydrogens (tertiary/aromatic N) is 3. The summed E-state index contributed by atoms with van der Waals surface area (Å²) in [5.41, 5.74) is 3.21. The van der Waals surface area contributed by atoms with Crippen LogP contribution in [0.3, 0.4) is 0 Å². The molecule has 1 fully saturated rings. The lowest BCUT2D eigenvalue weighted by molar-refractivity contribution is 0.102. The van der Waals surface area contributed by atoms with Crippen LogP contribution in [0.25, 0.3) is 11.1 Å². The van der Waals surface area contributed by atoms with Crippen molar-refractivity contribution in [3.63, 3.8) is 0 Å². The molecule has 1 aliphatic rings. The van der Waals surface area contributed by atoms with Gasteiger partial charge in [-0.15, -0.1) is 0 Å². The van der Waals surface area contributed by atoms with Gasteiger partial charge in [-0.25, -0.2) is 9.97 Å². The van der Waals surface area contributed by atoms with E-state index < -0.39 is 0 Å². The first-order chi connectivity index (χ1) is 13.7. The monoisotopic (exact) mass is 392 g/mol. The Morgan fingerprint density at radius 1 is 0.857 bits per heavy atom. The molecule has 0 atom stereocenters. The number of hydrogen-bond donors (Lipinski definition) is 1. The maximum atomic E-state index is 12.4. The van der Waals surface area contributed by atoms with Gasteiger partial charge in [0.25, 0.3) is 5.91 Å². The van der Waals surface area contributed by atoms with Gasteiger partial charge in [0.2, 0.25) is 5.95 Å². The highest BCUT2D eigenvalue weighted by atomic mass is 35.5. The predicted molar refractivity (Wildman–Crippen MR) is 113 cm³/mol. The molecule has 1 N–H and O–H groups in total. The van der Waals surface area contributed by atoms with Crippen molar-refractivity contribution in [1.82, 2.24) is 9.97 Å². The van der Waals surface area contributed by atoms with E-state index in [0.29, 0.717) is 16.3 Å². The Balaban J connectivity index is 1.43. The van der Waals surface area contributed by atoms with Crippen LogP contribution in [0.15, 0.2) is 60.9 Å². The van der Waals surface area contributed by atoms with E-state index in [2.05, 4.69) is 20.2 Å². The number of hydrogen-bond acceptors (Lipinski definition) is 4. The Bertz CT molecular complexity index is 934. The van der Waals surface area contributed by atoms with Crippen molar-refractivity contribution in [2.75, 3.05) is 23.3 Å². The predicted octanol–water partition coefficient (Wildman–Crippen LogP) is 5.04. The summed E-state index contributed by atoms with van der Waals surface area (Å²) >= 11 is 5.87. The van der Waals surface area contributed by atoms with Gasteiger partial charge in [-0.3, -0.25) is 4.79 Å². The summed E-state index contributed by atoms with van der Waals surface area (Å²) in [4.78, 5) is 23.7. The summed E-state index contributed by atoms with van der Waals surface area (Å²) in [7, 11) is 0. The van der Waals surface area contributed by atoms with E-state index in [0.717, 1.165) is 30.2 Å². The van der Waals surface area contributed by atoms with Crippen LogP contribution >= 0.6 is 11.6 Å². The molecule has 1 amide bonds. The van der Waals surface area contributed by atoms with Crippen LogP contribution in [0.1, 0.15) is 29.6 Å². The minimum Gasteiger partial charge on any atom is -0.341 e. The summed E-state index contributed by atoms with van der Waals surface area (Å²) in [6.45, 7) is 2.05. The third-order valence-corrected chi connectivity index (χ3v) is 5.11. The lowest BCUT2D eigenvalue weighted by Gasteiger charge is -2.26. The van der Waals surface area contributed by atoms with E-state index in [4.69, 9.17) is 11.6 Å². The van der Waals surface area contributed by atoms with Crippen LogP contribution in [0, 0.1) is 0 Å². The number of aromatic nitrogens is 2. The zero-order chi connectivity index (χ0) is 19.3. The van der Waals surface area contributed by atoms with E-state index in [9.17, 15) is 4.79 Å². The number of carbonyl (C=O) groups is 1. The summed E-state index contributed by atoms with van der Waals surface area (Å²) < 4.78 is 0. The Hall–Kier alpha value is -2.92. The van der Waals surface area contributed by atoms with Crippen molar-refractivity contribution in [1.29, 1.82) is 0 Å². The van der Waals surface area contributed by atoms with Crippen LogP contribution in [0.5, 0.6) is 0 Å². The molecule has 4 rings (SSSR count). The van der Waals surface area contributed by atoms with Gasteiger partial charge in [-0.1, -0.05) is 23.7 Å². The molecule has 0 spiro atoms. The molecule has 0 bridgehead atoms. The lowest BCUT2D eigenvalue weighted by atomic mass is 10.1. The number of halogens is 1. The normalized spacial score (nSPS) is 14.0. The Kier molecular flexibility index (Phi) is 5.53. The quantitative estimate of drug-likeness (QED) is 0.675. The van der Waals surface area contributed by atoms with Crippen LogP contribution in [0.2, 0.25) is 5.02 Å². The number of rotatable bonds is 4. The summed E-state index contributed by atoms with van der Waals surface area (Å²) in [6, 6.07) is 14.5. The topological polar surface area (TPSA) is 58.1 Å². The van der Waals surface area contributed by atoms with Gasteiger partial charge < -0.3 is 10.2 Å². The molecule has 142 valence electrons. The third kappa shape index (κ3) is 4.31. The van der Waals surface area contributed by atoms with Gasteiger partial charge in [0.05, 0.1) is 0 Å². The number of anilines is 2. The molecule has 1 saturated heterocycles. The maximum absolute atomic E-state index is 12.4. The van der Waals surface area contributed by atoms with Crippen molar-refractivity contribution in [3.05, 3.63) is 71.5 Å². The average Bonchev–Trinajstić information content (AvgIpc) is 2.76. The first-order valence-corrected chi connectivity index (χ1v) is 9.81. The largest absolute Gasteiger partial charge is 0.341 e. The standard InChI is InChI=1S/C22H21ClN4O/c23-19-8-10-20(11-9-19)26-21(28)17-6-4-16(5-7-17)18-14-24-22(25-15-18)27-12-2-1-3-13-27/h4-11,14-15H,1-3,12-13H2,(H,26,28). The molecule has 0 aliphatic carbocycles. The maximum Gasteiger partial charge on any atom is 0.255 e. The number of nitrogens with one attached hydrogen (secondary N) is 1. The molecule has 0 radical (unpaired) electrons. The fourth-order valence-corrected chi connectivity index (χ4v) is 3.40. The molecular formula is C22H21ClN4O. The summed E-state index contributed by atoms with van der Waals surface area (Å²) in [5, 5.41) is 3.50. The van der Waals surface area contributed by atoms with Gasteiger partial charge >= 0.3 is 0 Å². The number of amides is 1. The van der Waals surface area contributed by atoms with E-state index in [1.54, 1.807) is 36.4 Å². The highest BCUT2D eigenvalue weighted by Gasteiger charge is 2.13. The average molecular weight is 393 g/mol. The molecule has 5 nitrogen and oxygen atoms in total. The van der Waals surface area contributed by atoms with Crippen molar-refractivity contribution >= 4 is 29.1 Å². The van der Waals surface area contributed by atoms with E-state index in [-0.39, 0.29) is 5.91 Å². The van der Waals surface area contributed by atoms with Crippen molar-refractivity contribution in [2.45, 2.75) is 19.3 Å². The van der Waals surface area contributed by atoms with Gasteiger partial charge in [-0.05, 0) is 61.2 Å². The van der Waals surface area contributed by atoms with Crippen LogP contribution in [-0.2, 0) is 0 Å². The van der Waals surface area contributed by atoms with Crippen LogP contribution in [-0.4, -0.2) is 29.0 Å². The molecule has 2 aromatic carbocycles. The Labute approximate surface area is 169 Å². The second-order valence-corrected chi connectivity index (χ2v) is 7.29. The van der Waals surface area contributed by atoms with E-state index in [1.165, 1.54) is 19.3 Å². The van der Waals surface area contributed by atoms with Crippen molar-refractivity contribution in [2.24, 2.45) is 0 Å². The third-order valence-electron chi connectivity index (χ3n) is 4.86. The van der Waals surface area contributed by atoms with Gasteiger partial charge in [0.1, 0.15) is 0 Å². The van der Waals surface area contributed by atoms with Gasteiger partial charge in [0, 0.05) is 47.3 Å². The number of piperidine rings is 1. The molecule has 6 heteroatoms. The number of benzene rings is 2. The highest BCUT2D eigenvalue weighted by molar-refractivity contribution is 6.30. The fraction of sp³-hybridized carbons (Fsp3) is 0.227. The zero-order valence-corrected chi connectivity index (χ0v) is 16.2. The number of carbonyl (C=O) groups excluding carboxylic acids is 1. The minimum atomic E-state index is -0.162. The molecule has 2 heterocycles. The van der Waals surface area contributed by atoms with Gasteiger partial charge in [0.15, 0.2) is 0 Å².